The largest absolute Gasteiger partial charge is 0.508 e. The molecule has 3 aromatic rings. The van der Waals surface area contributed by atoms with Crippen LogP contribution in [0.15, 0.2) is 69.3 Å². The number of hydrogen-bond donors (Lipinski definition) is 4. The van der Waals surface area contributed by atoms with E-state index < -0.39 is 17.1 Å². The van der Waals surface area contributed by atoms with Crippen molar-refractivity contribution in [2.75, 3.05) is 0 Å². The van der Waals surface area contributed by atoms with Crippen LogP contribution in [-0.2, 0) is 6.54 Å². The molecule has 142 valence electrons. The molecule has 0 radical (unpaired) electrons. The smallest absolute Gasteiger partial charge is 0.331 e. The number of aromatic amines is 1. The third-order valence-corrected chi connectivity index (χ3v) is 4.67. The summed E-state index contributed by atoms with van der Waals surface area (Å²) in [7, 11) is 0. The lowest BCUT2D eigenvalue weighted by molar-refractivity contribution is 0.408. The van der Waals surface area contributed by atoms with E-state index in [1.807, 2.05) is 36.4 Å². The number of hydrogen-bond acceptors (Lipinski definition) is 6. The van der Waals surface area contributed by atoms with Crippen LogP contribution < -0.4 is 16.7 Å². The van der Waals surface area contributed by atoms with Crippen molar-refractivity contribution >= 4 is 5.71 Å². The highest BCUT2D eigenvalue weighted by Crippen LogP contribution is 2.27. The van der Waals surface area contributed by atoms with Gasteiger partial charge in [0.05, 0.1) is 18.3 Å². The lowest BCUT2D eigenvalue weighted by Gasteiger charge is -2.12. The molecule has 8 nitrogen and oxygen atoms in total. The monoisotopic (exact) mass is 378 g/mol. The lowest BCUT2D eigenvalue weighted by Crippen LogP contribution is -2.34. The average Bonchev–Trinajstić information content (AvgIpc) is 3.15. The number of nitrogens with zero attached hydrogens (tertiary/aromatic N) is 2. The summed E-state index contributed by atoms with van der Waals surface area (Å²) >= 11 is 0. The quantitative estimate of drug-likeness (QED) is 0.548. The minimum absolute atomic E-state index is 0.0364. The SMILES string of the molecule is O=c1[nH]c(=O)n(Cc2ccccc2)c(O)c1C1=NN[C@H](c2cccc(O)c2)C1. The van der Waals surface area contributed by atoms with Crippen LogP contribution in [-0.4, -0.2) is 25.5 Å². The van der Waals surface area contributed by atoms with Crippen molar-refractivity contribution < 1.29 is 10.2 Å². The predicted octanol–water partition coefficient (Wildman–Crippen LogP) is 1.43. The number of H-pyrrole nitrogens is 1. The van der Waals surface area contributed by atoms with E-state index in [2.05, 4.69) is 15.5 Å². The maximum absolute atomic E-state index is 12.4. The Bertz CT molecular complexity index is 1160. The van der Waals surface area contributed by atoms with Crippen LogP contribution in [0.3, 0.4) is 0 Å². The lowest BCUT2D eigenvalue weighted by atomic mass is 10.00. The Labute approximate surface area is 159 Å². The first kappa shape index (κ1) is 17.6. The van der Waals surface area contributed by atoms with Gasteiger partial charge < -0.3 is 15.6 Å². The third-order valence-electron chi connectivity index (χ3n) is 4.67. The van der Waals surface area contributed by atoms with Crippen molar-refractivity contribution in [3.63, 3.8) is 0 Å². The van der Waals surface area contributed by atoms with Crippen molar-refractivity contribution in [1.29, 1.82) is 0 Å². The summed E-state index contributed by atoms with van der Waals surface area (Å²) < 4.78 is 1.11. The molecule has 1 aliphatic heterocycles. The van der Waals surface area contributed by atoms with Crippen LogP contribution in [0.1, 0.15) is 29.2 Å². The van der Waals surface area contributed by atoms with Crippen molar-refractivity contribution in [3.8, 4) is 11.6 Å². The highest BCUT2D eigenvalue weighted by molar-refractivity contribution is 6.03. The molecule has 2 heterocycles. The third kappa shape index (κ3) is 3.27. The normalized spacial score (nSPS) is 15.9. The molecule has 0 aliphatic carbocycles. The number of nitrogens with one attached hydrogen (secondary N) is 2. The highest BCUT2D eigenvalue weighted by Gasteiger charge is 2.27. The van der Waals surface area contributed by atoms with E-state index in [1.165, 1.54) is 0 Å². The number of benzene rings is 2. The minimum atomic E-state index is -0.691. The molecule has 4 rings (SSSR count). The van der Waals surface area contributed by atoms with Gasteiger partial charge in [-0.2, -0.15) is 5.10 Å². The number of aromatic nitrogens is 2. The summed E-state index contributed by atoms with van der Waals surface area (Å²) in [4.78, 5) is 26.8. The van der Waals surface area contributed by atoms with Crippen LogP contribution in [0.4, 0.5) is 0 Å². The van der Waals surface area contributed by atoms with E-state index in [0.29, 0.717) is 12.1 Å². The molecule has 28 heavy (non-hydrogen) atoms. The summed E-state index contributed by atoms with van der Waals surface area (Å²) in [6.45, 7) is 0.117. The van der Waals surface area contributed by atoms with Gasteiger partial charge >= 0.3 is 5.69 Å². The maximum atomic E-state index is 12.4. The Kier molecular flexibility index (Phi) is 4.44. The van der Waals surface area contributed by atoms with Gasteiger partial charge in [0.15, 0.2) is 0 Å². The molecular weight excluding hydrogens is 360 g/mol. The molecule has 2 aromatic carbocycles. The fourth-order valence-electron chi connectivity index (χ4n) is 3.26. The fraction of sp³-hybridized carbons (Fsp3) is 0.150. The van der Waals surface area contributed by atoms with Gasteiger partial charge in [0.1, 0.15) is 11.3 Å². The zero-order valence-corrected chi connectivity index (χ0v) is 14.8. The van der Waals surface area contributed by atoms with E-state index in [1.54, 1.807) is 18.2 Å². The summed E-state index contributed by atoms with van der Waals surface area (Å²) in [5.74, 6) is -0.292. The van der Waals surface area contributed by atoms with Crippen molar-refractivity contribution in [2.24, 2.45) is 5.10 Å². The van der Waals surface area contributed by atoms with Crippen molar-refractivity contribution in [1.82, 2.24) is 15.0 Å². The molecule has 4 N–H and O–H groups in total. The second kappa shape index (κ2) is 7.07. The predicted molar refractivity (Wildman–Crippen MR) is 104 cm³/mol. The first-order valence-corrected chi connectivity index (χ1v) is 8.74. The average molecular weight is 378 g/mol. The molecule has 0 unspecified atom stereocenters. The molecule has 0 fully saturated rings. The molecule has 1 aromatic heterocycles. The number of aromatic hydroxyl groups is 2. The number of hydrazone groups is 1. The summed E-state index contributed by atoms with van der Waals surface area (Å²) in [5.41, 5.74) is 3.44. The molecule has 0 bridgehead atoms. The molecule has 0 saturated heterocycles. The standard InChI is InChI=1S/C20H18N4O4/c25-14-8-4-7-13(9-14)15-10-16(23-22-15)17-18(26)21-20(28)24(19(17)27)11-12-5-2-1-3-6-12/h1-9,15,22,25,27H,10-11H2,(H,21,26,28)/t15-/m0/s1. The second-order valence-corrected chi connectivity index (χ2v) is 6.57. The summed E-state index contributed by atoms with van der Waals surface area (Å²) in [5, 5.41) is 24.5. The second-order valence-electron chi connectivity index (χ2n) is 6.57. The zero-order chi connectivity index (χ0) is 19.7. The van der Waals surface area contributed by atoms with Gasteiger partial charge in [-0.1, -0.05) is 42.5 Å². The zero-order valence-electron chi connectivity index (χ0n) is 14.8. The van der Waals surface area contributed by atoms with Crippen LogP contribution >= 0.6 is 0 Å². The van der Waals surface area contributed by atoms with E-state index >= 15 is 0 Å². The van der Waals surface area contributed by atoms with Gasteiger partial charge in [0.2, 0.25) is 5.88 Å². The van der Waals surface area contributed by atoms with Gasteiger partial charge in [-0.25, -0.2) is 4.79 Å². The van der Waals surface area contributed by atoms with Crippen LogP contribution in [0.5, 0.6) is 11.6 Å². The van der Waals surface area contributed by atoms with E-state index in [-0.39, 0.29) is 23.9 Å². The van der Waals surface area contributed by atoms with Crippen molar-refractivity contribution in [2.45, 2.75) is 19.0 Å². The number of phenols is 1. The Morgan fingerprint density at radius 1 is 1.07 bits per heavy atom. The molecule has 0 amide bonds. The van der Waals surface area contributed by atoms with Gasteiger partial charge in [0.25, 0.3) is 5.56 Å². The summed E-state index contributed by atoms with van der Waals surface area (Å²) in [6.07, 6.45) is 0.323. The molecule has 1 atom stereocenters. The summed E-state index contributed by atoms with van der Waals surface area (Å²) in [6, 6.07) is 15.6. The van der Waals surface area contributed by atoms with Crippen LogP contribution in [0, 0.1) is 0 Å². The topological polar surface area (TPSA) is 120 Å². The maximum Gasteiger partial charge on any atom is 0.331 e. The van der Waals surface area contributed by atoms with Gasteiger partial charge in [0, 0.05) is 6.42 Å². The Hall–Kier alpha value is -3.81. The number of phenolic OH excluding ortho intramolecular Hbond substituents is 1. The van der Waals surface area contributed by atoms with Gasteiger partial charge in [-0.3, -0.25) is 14.3 Å². The van der Waals surface area contributed by atoms with Gasteiger partial charge in [-0.05, 0) is 23.3 Å². The van der Waals surface area contributed by atoms with E-state index in [0.717, 1.165) is 15.7 Å². The van der Waals surface area contributed by atoms with Crippen molar-refractivity contribution in [3.05, 3.63) is 92.1 Å². The number of rotatable bonds is 4. The fourth-order valence-corrected chi connectivity index (χ4v) is 3.26. The Morgan fingerprint density at radius 3 is 2.61 bits per heavy atom. The molecule has 0 saturated carbocycles. The Balaban J connectivity index is 1.68. The molecule has 1 aliphatic rings. The van der Waals surface area contributed by atoms with Crippen LogP contribution in [0.25, 0.3) is 0 Å². The first-order chi connectivity index (χ1) is 13.5. The molecule has 0 spiro atoms. The van der Waals surface area contributed by atoms with Crippen LogP contribution in [0.2, 0.25) is 0 Å². The molecule has 8 heteroatoms. The minimum Gasteiger partial charge on any atom is -0.508 e. The highest BCUT2D eigenvalue weighted by atomic mass is 16.3. The van der Waals surface area contributed by atoms with Gasteiger partial charge in [-0.15, -0.1) is 0 Å². The van der Waals surface area contributed by atoms with E-state index in [9.17, 15) is 19.8 Å². The Morgan fingerprint density at radius 2 is 1.86 bits per heavy atom. The molecular formula is C20H18N4O4. The van der Waals surface area contributed by atoms with E-state index in [4.69, 9.17) is 0 Å². The first-order valence-electron chi connectivity index (χ1n) is 8.74.